The summed E-state index contributed by atoms with van der Waals surface area (Å²) in [7, 11) is 1.96. The molecule has 0 spiro atoms. The zero-order chi connectivity index (χ0) is 18.7. The highest BCUT2D eigenvalue weighted by Crippen LogP contribution is 2.32. The Hall–Kier alpha value is -2.93. The van der Waals surface area contributed by atoms with Crippen molar-refractivity contribution in [1.82, 2.24) is 20.2 Å². The molecule has 136 valence electrons. The van der Waals surface area contributed by atoms with Crippen molar-refractivity contribution in [3.8, 4) is 28.4 Å². The molecule has 2 aromatic heterocycles. The van der Waals surface area contributed by atoms with E-state index in [0.29, 0.717) is 17.9 Å². The van der Waals surface area contributed by atoms with E-state index < -0.39 is 0 Å². The summed E-state index contributed by atoms with van der Waals surface area (Å²) in [6, 6.07) is 9.18. The van der Waals surface area contributed by atoms with Gasteiger partial charge in [0.05, 0.1) is 11.3 Å². The molecule has 1 unspecified atom stereocenters. The van der Waals surface area contributed by atoms with Gasteiger partial charge in [-0.2, -0.15) is 5.10 Å². The summed E-state index contributed by atoms with van der Waals surface area (Å²) < 4.78 is 0. The normalized spacial score (nSPS) is 12.2. The van der Waals surface area contributed by atoms with Gasteiger partial charge in [-0.1, -0.05) is 6.92 Å². The zero-order valence-electron chi connectivity index (χ0n) is 15.3. The number of nitrogens with one attached hydrogen (secondary N) is 1. The number of hydrogen-bond acceptors (Lipinski definition) is 6. The average molecular weight is 352 g/mol. The summed E-state index contributed by atoms with van der Waals surface area (Å²) in [5.41, 5.74) is 9.14. The van der Waals surface area contributed by atoms with Crippen LogP contribution in [0.25, 0.3) is 22.6 Å². The number of nitrogens with two attached hydrogens (primary N) is 1. The van der Waals surface area contributed by atoms with Crippen LogP contribution in [0.4, 0.5) is 5.82 Å². The Balaban J connectivity index is 2.00. The Morgan fingerprint density at radius 3 is 2.73 bits per heavy atom. The number of rotatable bonds is 6. The summed E-state index contributed by atoms with van der Waals surface area (Å²) in [6.07, 6.45) is 2.66. The second kappa shape index (κ2) is 7.53. The first-order valence-corrected chi connectivity index (χ1v) is 8.64. The van der Waals surface area contributed by atoms with Gasteiger partial charge in [-0.15, -0.1) is 0 Å². The van der Waals surface area contributed by atoms with E-state index in [1.54, 1.807) is 12.3 Å². The molecule has 3 aromatic rings. The number of hydrogen-bond donors (Lipinski definition) is 3. The lowest BCUT2D eigenvalue weighted by atomic mass is 10.1. The molecule has 7 nitrogen and oxygen atoms in total. The number of aromatic amines is 1. The number of aryl methyl sites for hydroxylation is 1. The van der Waals surface area contributed by atoms with Gasteiger partial charge in [-0.3, -0.25) is 5.10 Å². The van der Waals surface area contributed by atoms with E-state index in [1.807, 2.05) is 43.1 Å². The highest BCUT2D eigenvalue weighted by molar-refractivity contribution is 5.73. The van der Waals surface area contributed by atoms with E-state index in [1.165, 1.54) is 0 Å². The van der Waals surface area contributed by atoms with E-state index >= 15 is 0 Å². The van der Waals surface area contributed by atoms with Crippen LogP contribution in [-0.2, 0) is 0 Å². The van der Waals surface area contributed by atoms with Crippen molar-refractivity contribution >= 4 is 5.82 Å². The fourth-order valence-corrected chi connectivity index (χ4v) is 2.74. The van der Waals surface area contributed by atoms with E-state index in [9.17, 15) is 5.11 Å². The zero-order valence-corrected chi connectivity index (χ0v) is 15.3. The number of nitrogens with zero attached hydrogens (tertiary/aromatic N) is 4. The van der Waals surface area contributed by atoms with Crippen LogP contribution in [0.15, 0.2) is 36.5 Å². The van der Waals surface area contributed by atoms with Crippen LogP contribution in [0.2, 0.25) is 0 Å². The van der Waals surface area contributed by atoms with Gasteiger partial charge in [0.15, 0.2) is 5.82 Å². The first-order chi connectivity index (χ1) is 12.5. The molecule has 0 amide bonds. The lowest BCUT2D eigenvalue weighted by molar-refractivity contribution is 0.477. The SMILES string of the molecule is CCC(N)CN(C)c1cc(C)nc(-c2cc(-c3cc[nH]n3)ccc2O)n1. The average Bonchev–Trinajstić information content (AvgIpc) is 3.16. The molecule has 1 aromatic carbocycles. The molecule has 0 aliphatic carbocycles. The smallest absolute Gasteiger partial charge is 0.165 e. The van der Waals surface area contributed by atoms with Crippen LogP contribution in [0.5, 0.6) is 5.75 Å². The van der Waals surface area contributed by atoms with Gasteiger partial charge >= 0.3 is 0 Å². The number of benzene rings is 1. The molecule has 0 radical (unpaired) electrons. The Labute approximate surface area is 152 Å². The summed E-state index contributed by atoms with van der Waals surface area (Å²) in [6.45, 7) is 4.68. The largest absolute Gasteiger partial charge is 0.507 e. The van der Waals surface area contributed by atoms with Crippen molar-refractivity contribution in [3.05, 3.63) is 42.2 Å². The molecule has 0 bridgehead atoms. The third-order valence-corrected chi connectivity index (χ3v) is 4.30. The fourth-order valence-electron chi connectivity index (χ4n) is 2.74. The molecule has 0 aliphatic rings. The third-order valence-electron chi connectivity index (χ3n) is 4.30. The van der Waals surface area contributed by atoms with Gasteiger partial charge in [-0.05, 0) is 37.6 Å². The second-order valence-electron chi connectivity index (χ2n) is 6.43. The fraction of sp³-hybridized carbons (Fsp3) is 0.316. The maximum atomic E-state index is 10.3. The molecule has 3 rings (SSSR count). The predicted octanol–water partition coefficient (Wildman–Crippen LogP) is 2.72. The first-order valence-electron chi connectivity index (χ1n) is 8.64. The van der Waals surface area contributed by atoms with E-state index in [2.05, 4.69) is 27.1 Å². The van der Waals surface area contributed by atoms with Gasteiger partial charge < -0.3 is 15.7 Å². The minimum absolute atomic E-state index is 0.0788. The van der Waals surface area contributed by atoms with E-state index in [-0.39, 0.29) is 11.8 Å². The van der Waals surface area contributed by atoms with Crippen molar-refractivity contribution < 1.29 is 5.11 Å². The van der Waals surface area contributed by atoms with Gasteiger partial charge in [0.2, 0.25) is 0 Å². The minimum atomic E-state index is 0.0788. The molecule has 4 N–H and O–H groups in total. The van der Waals surface area contributed by atoms with Crippen LogP contribution in [0, 0.1) is 6.92 Å². The van der Waals surface area contributed by atoms with Crippen LogP contribution >= 0.6 is 0 Å². The molecule has 0 saturated carbocycles. The Bertz CT molecular complexity index is 878. The number of H-pyrrole nitrogens is 1. The molecule has 1 atom stereocenters. The summed E-state index contributed by atoms with van der Waals surface area (Å²) in [5.74, 6) is 1.39. The Morgan fingerprint density at radius 1 is 1.23 bits per heavy atom. The highest BCUT2D eigenvalue weighted by Gasteiger charge is 2.14. The summed E-state index contributed by atoms with van der Waals surface area (Å²) in [4.78, 5) is 11.2. The minimum Gasteiger partial charge on any atom is -0.507 e. The van der Waals surface area contributed by atoms with Crippen LogP contribution < -0.4 is 10.6 Å². The molecular weight excluding hydrogens is 328 g/mol. The Morgan fingerprint density at radius 2 is 2.04 bits per heavy atom. The quantitative estimate of drug-likeness (QED) is 0.630. The van der Waals surface area contributed by atoms with Gasteiger partial charge in [0, 0.05) is 43.2 Å². The number of anilines is 1. The van der Waals surface area contributed by atoms with Crippen molar-refractivity contribution in [2.75, 3.05) is 18.5 Å². The van der Waals surface area contributed by atoms with Crippen molar-refractivity contribution in [3.63, 3.8) is 0 Å². The summed E-state index contributed by atoms with van der Waals surface area (Å²) in [5, 5.41) is 17.3. The maximum absolute atomic E-state index is 10.3. The standard InChI is InChI=1S/C19H24N6O/c1-4-14(20)11-25(3)18-9-12(2)22-19(23-18)15-10-13(5-6-17(15)26)16-7-8-21-24-16/h5-10,14,26H,4,11,20H2,1-3H3,(H,21,24). The van der Waals surface area contributed by atoms with Crippen LogP contribution in [0.1, 0.15) is 19.0 Å². The second-order valence-corrected chi connectivity index (χ2v) is 6.43. The molecule has 0 aliphatic heterocycles. The van der Waals surface area contributed by atoms with Gasteiger partial charge in [-0.25, -0.2) is 9.97 Å². The molecular formula is C19H24N6O. The Kier molecular flexibility index (Phi) is 5.18. The highest BCUT2D eigenvalue weighted by atomic mass is 16.3. The van der Waals surface area contributed by atoms with E-state index in [0.717, 1.165) is 29.2 Å². The topological polar surface area (TPSA) is 104 Å². The van der Waals surface area contributed by atoms with Crippen molar-refractivity contribution in [2.45, 2.75) is 26.3 Å². The third kappa shape index (κ3) is 3.83. The number of phenolic OH excluding ortho intramolecular Hbond substituents is 1. The van der Waals surface area contributed by atoms with Crippen LogP contribution in [0.3, 0.4) is 0 Å². The van der Waals surface area contributed by atoms with Gasteiger partial charge in [0.1, 0.15) is 11.6 Å². The summed E-state index contributed by atoms with van der Waals surface area (Å²) >= 11 is 0. The number of aromatic hydroxyl groups is 1. The lowest BCUT2D eigenvalue weighted by Gasteiger charge is -2.22. The number of phenols is 1. The molecule has 2 heterocycles. The number of likely N-dealkylation sites (N-methyl/N-ethyl adjacent to an activating group) is 1. The molecule has 26 heavy (non-hydrogen) atoms. The first kappa shape index (κ1) is 17.9. The maximum Gasteiger partial charge on any atom is 0.165 e. The monoisotopic (exact) mass is 352 g/mol. The van der Waals surface area contributed by atoms with E-state index in [4.69, 9.17) is 5.73 Å². The predicted molar refractivity (Wildman–Crippen MR) is 103 cm³/mol. The van der Waals surface area contributed by atoms with Crippen molar-refractivity contribution in [2.24, 2.45) is 5.73 Å². The molecule has 0 fully saturated rings. The molecule has 7 heteroatoms. The lowest BCUT2D eigenvalue weighted by Crippen LogP contribution is -2.35. The van der Waals surface area contributed by atoms with Crippen molar-refractivity contribution in [1.29, 1.82) is 0 Å². The van der Waals surface area contributed by atoms with Crippen LogP contribution in [-0.4, -0.2) is 44.9 Å². The molecule has 0 saturated heterocycles. The van der Waals surface area contributed by atoms with Gasteiger partial charge in [0.25, 0.3) is 0 Å². The number of aromatic nitrogens is 4.